The molecule has 1 fully saturated rings. The number of fused-ring (bicyclic) bond motifs is 2. The molecule has 0 atom stereocenters. The van der Waals surface area contributed by atoms with E-state index in [0.717, 1.165) is 23.6 Å². The first-order valence-electron chi connectivity index (χ1n) is 8.81. The molecule has 6 heteroatoms. The van der Waals surface area contributed by atoms with Gasteiger partial charge in [0.15, 0.2) is 4.96 Å². The maximum absolute atomic E-state index is 4.92. The third-order valence-corrected chi connectivity index (χ3v) is 6.19. The largest absolute Gasteiger partial charge is 0.317 e. The van der Waals surface area contributed by atoms with Crippen molar-refractivity contribution < 1.29 is 0 Å². The lowest BCUT2D eigenvalue weighted by Gasteiger charge is -2.20. The van der Waals surface area contributed by atoms with E-state index in [1.165, 1.54) is 39.9 Å². The molecule has 3 aromatic heterocycles. The molecular formula is C19H21N5S. The predicted octanol–water partition coefficient (Wildman–Crippen LogP) is 3.72. The van der Waals surface area contributed by atoms with Crippen molar-refractivity contribution >= 4 is 27.2 Å². The van der Waals surface area contributed by atoms with Gasteiger partial charge in [0.2, 0.25) is 0 Å². The van der Waals surface area contributed by atoms with Crippen LogP contribution < -0.4 is 5.32 Å². The molecule has 0 bridgehead atoms. The van der Waals surface area contributed by atoms with E-state index in [9.17, 15) is 0 Å². The second-order valence-electron chi connectivity index (χ2n) is 7.00. The summed E-state index contributed by atoms with van der Waals surface area (Å²) in [6.07, 6.45) is 8.90. The SMILES string of the molecule is Cc1cc2nn(C)cc2cc1-c1cn2cc(C3CCNCC3)nc2s1. The number of thiazole rings is 1. The van der Waals surface area contributed by atoms with Crippen LogP contribution >= 0.6 is 11.3 Å². The van der Waals surface area contributed by atoms with Crippen molar-refractivity contribution in [1.29, 1.82) is 0 Å². The van der Waals surface area contributed by atoms with Crippen LogP contribution in [0.15, 0.2) is 30.7 Å². The quantitative estimate of drug-likeness (QED) is 0.599. The standard InChI is InChI=1S/C19H21N5S/c1-12-7-16-14(9-23(2)22-16)8-15(12)18-11-24-10-17(21-19(24)25-18)13-3-5-20-6-4-13/h7-11,13,20H,3-6H2,1-2H3. The molecule has 0 saturated carbocycles. The summed E-state index contributed by atoms with van der Waals surface area (Å²) >= 11 is 1.77. The molecule has 1 aromatic carbocycles. The van der Waals surface area contributed by atoms with Crippen LogP contribution in [0.1, 0.15) is 30.0 Å². The predicted molar refractivity (Wildman–Crippen MR) is 102 cm³/mol. The van der Waals surface area contributed by atoms with E-state index in [2.05, 4.69) is 52.5 Å². The first-order chi connectivity index (χ1) is 12.2. The van der Waals surface area contributed by atoms with Gasteiger partial charge in [-0.1, -0.05) is 11.3 Å². The van der Waals surface area contributed by atoms with E-state index >= 15 is 0 Å². The summed E-state index contributed by atoms with van der Waals surface area (Å²) < 4.78 is 4.07. The minimum atomic E-state index is 0.602. The number of nitrogens with one attached hydrogen (secondary N) is 1. The lowest BCUT2D eigenvalue weighted by Crippen LogP contribution is -2.26. The second kappa shape index (κ2) is 5.68. The molecule has 4 heterocycles. The Morgan fingerprint density at radius 3 is 2.80 bits per heavy atom. The van der Waals surface area contributed by atoms with Crippen LogP contribution in [-0.4, -0.2) is 32.3 Å². The topological polar surface area (TPSA) is 47.1 Å². The smallest absolute Gasteiger partial charge is 0.194 e. The monoisotopic (exact) mass is 351 g/mol. The number of aryl methyl sites for hydroxylation is 2. The molecule has 0 amide bonds. The molecule has 1 aliphatic rings. The number of hydrogen-bond acceptors (Lipinski definition) is 4. The maximum Gasteiger partial charge on any atom is 0.194 e. The fraction of sp³-hybridized carbons (Fsp3) is 0.368. The molecule has 0 unspecified atom stereocenters. The highest BCUT2D eigenvalue weighted by atomic mass is 32.1. The number of rotatable bonds is 2. The van der Waals surface area contributed by atoms with Gasteiger partial charge < -0.3 is 5.32 Å². The van der Waals surface area contributed by atoms with Gasteiger partial charge in [0, 0.05) is 36.9 Å². The average Bonchev–Trinajstić information content (AvgIpc) is 3.26. The molecule has 0 radical (unpaired) electrons. The van der Waals surface area contributed by atoms with E-state index in [1.54, 1.807) is 11.3 Å². The lowest BCUT2D eigenvalue weighted by atomic mass is 9.95. The highest BCUT2D eigenvalue weighted by Gasteiger charge is 2.19. The first-order valence-corrected chi connectivity index (χ1v) is 9.62. The van der Waals surface area contributed by atoms with Crippen LogP contribution in [0.2, 0.25) is 0 Å². The molecular weight excluding hydrogens is 330 g/mol. The average molecular weight is 351 g/mol. The summed E-state index contributed by atoms with van der Waals surface area (Å²) in [5, 5.41) is 9.11. The number of nitrogens with zero attached hydrogens (tertiary/aromatic N) is 4. The molecule has 0 aliphatic carbocycles. The fourth-order valence-corrected chi connectivity index (χ4v) is 4.87. The Kier molecular flexibility index (Phi) is 3.43. The molecule has 128 valence electrons. The minimum absolute atomic E-state index is 0.602. The number of aromatic nitrogens is 4. The summed E-state index contributed by atoms with van der Waals surface area (Å²) in [6, 6.07) is 4.42. The summed E-state index contributed by atoms with van der Waals surface area (Å²) in [7, 11) is 1.97. The van der Waals surface area contributed by atoms with E-state index in [0.29, 0.717) is 5.92 Å². The first kappa shape index (κ1) is 15.1. The zero-order valence-electron chi connectivity index (χ0n) is 14.5. The van der Waals surface area contributed by atoms with Crippen molar-refractivity contribution in [2.75, 3.05) is 13.1 Å². The van der Waals surface area contributed by atoms with Gasteiger partial charge in [0.05, 0.1) is 16.1 Å². The fourth-order valence-electron chi connectivity index (χ4n) is 3.82. The van der Waals surface area contributed by atoms with Crippen LogP contribution in [0, 0.1) is 6.92 Å². The second-order valence-corrected chi connectivity index (χ2v) is 8.01. The number of benzene rings is 1. The Morgan fingerprint density at radius 2 is 2.00 bits per heavy atom. The minimum Gasteiger partial charge on any atom is -0.317 e. The number of imidazole rings is 1. The normalized spacial score (nSPS) is 16.2. The summed E-state index contributed by atoms with van der Waals surface area (Å²) in [5.74, 6) is 0.602. The zero-order chi connectivity index (χ0) is 17.0. The van der Waals surface area contributed by atoms with Crippen molar-refractivity contribution in [2.24, 2.45) is 7.05 Å². The van der Waals surface area contributed by atoms with E-state index in [4.69, 9.17) is 4.98 Å². The summed E-state index contributed by atoms with van der Waals surface area (Å²) in [6.45, 7) is 4.36. The molecule has 25 heavy (non-hydrogen) atoms. The maximum atomic E-state index is 4.92. The summed E-state index contributed by atoms with van der Waals surface area (Å²) in [4.78, 5) is 7.27. The Hall–Kier alpha value is -2.18. The van der Waals surface area contributed by atoms with Gasteiger partial charge in [-0.25, -0.2) is 4.98 Å². The molecule has 1 aliphatic heterocycles. The Labute approximate surface area is 150 Å². The van der Waals surface area contributed by atoms with E-state index in [-0.39, 0.29) is 0 Å². The lowest BCUT2D eigenvalue weighted by molar-refractivity contribution is 0.454. The Bertz CT molecular complexity index is 1030. The van der Waals surface area contributed by atoms with Crippen LogP contribution in [0.3, 0.4) is 0 Å². The van der Waals surface area contributed by atoms with Gasteiger partial charge in [-0.2, -0.15) is 5.10 Å². The van der Waals surface area contributed by atoms with Crippen molar-refractivity contribution in [3.05, 3.63) is 42.0 Å². The zero-order valence-corrected chi connectivity index (χ0v) is 15.3. The van der Waals surface area contributed by atoms with Crippen molar-refractivity contribution in [3.8, 4) is 10.4 Å². The molecule has 1 saturated heterocycles. The highest BCUT2D eigenvalue weighted by Crippen LogP contribution is 2.34. The van der Waals surface area contributed by atoms with Gasteiger partial charge in [0.25, 0.3) is 0 Å². The summed E-state index contributed by atoms with van der Waals surface area (Å²) in [5.41, 5.74) is 4.84. The molecule has 1 N–H and O–H groups in total. The van der Waals surface area contributed by atoms with Crippen LogP contribution in [0.5, 0.6) is 0 Å². The van der Waals surface area contributed by atoms with Gasteiger partial charge in [-0.3, -0.25) is 9.08 Å². The van der Waals surface area contributed by atoms with Gasteiger partial charge in [0.1, 0.15) is 0 Å². The van der Waals surface area contributed by atoms with E-state index in [1.807, 2.05) is 11.7 Å². The van der Waals surface area contributed by atoms with Gasteiger partial charge >= 0.3 is 0 Å². The number of hydrogen-bond donors (Lipinski definition) is 1. The molecule has 5 nitrogen and oxygen atoms in total. The highest BCUT2D eigenvalue weighted by molar-refractivity contribution is 7.20. The Balaban J connectivity index is 1.54. The van der Waals surface area contributed by atoms with Crippen molar-refractivity contribution in [2.45, 2.75) is 25.7 Å². The van der Waals surface area contributed by atoms with Gasteiger partial charge in [-0.15, -0.1) is 0 Å². The van der Waals surface area contributed by atoms with Gasteiger partial charge in [-0.05, 0) is 56.1 Å². The molecule has 5 rings (SSSR count). The van der Waals surface area contributed by atoms with E-state index < -0.39 is 0 Å². The molecule has 0 spiro atoms. The third-order valence-electron chi connectivity index (χ3n) is 5.16. The van der Waals surface area contributed by atoms with Crippen LogP contribution in [0.4, 0.5) is 0 Å². The number of piperidine rings is 1. The Morgan fingerprint density at radius 1 is 1.16 bits per heavy atom. The molecule has 4 aromatic rings. The van der Waals surface area contributed by atoms with Crippen molar-refractivity contribution in [3.63, 3.8) is 0 Å². The van der Waals surface area contributed by atoms with Crippen LogP contribution in [0.25, 0.3) is 26.3 Å². The van der Waals surface area contributed by atoms with Crippen LogP contribution in [-0.2, 0) is 7.05 Å². The van der Waals surface area contributed by atoms with Crippen molar-refractivity contribution in [1.82, 2.24) is 24.5 Å². The third kappa shape index (κ3) is 2.56.